The van der Waals surface area contributed by atoms with Crippen LogP contribution in [0.25, 0.3) is 0 Å². The van der Waals surface area contributed by atoms with E-state index in [0.29, 0.717) is 0 Å². The lowest BCUT2D eigenvalue weighted by Gasteiger charge is -2.24. The van der Waals surface area contributed by atoms with E-state index in [-0.39, 0.29) is 10.8 Å². The molecule has 0 aliphatic carbocycles. The molecule has 0 saturated heterocycles. The van der Waals surface area contributed by atoms with Crippen LogP contribution in [-0.4, -0.2) is 0 Å². The van der Waals surface area contributed by atoms with Gasteiger partial charge in [0, 0.05) is 40.9 Å². The van der Waals surface area contributed by atoms with Gasteiger partial charge in [-0.3, -0.25) is 0 Å². The fraction of sp³-hybridized carbons (Fsp3) is 0.400. The predicted molar refractivity (Wildman–Crippen MR) is 175 cm³/mol. The summed E-state index contributed by atoms with van der Waals surface area (Å²) in [5, 5.41) is 3.26. The SMILES string of the molecule is CC(C)(C)c1ccc(Sc2c(CBr)c(CBr)c(Sc3ccc(C(C)(C)C)cc3)c(CBr)c2CBr)cc1. The molecule has 0 spiro atoms. The second-order valence-corrected chi connectivity index (χ2v) is 15.3. The molecule has 3 aromatic rings. The molecule has 0 fully saturated rings. The summed E-state index contributed by atoms with van der Waals surface area (Å²) in [6.07, 6.45) is 0. The number of alkyl halides is 4. The summed E-state index contributed by atoms with van der Waals surface area (Å²) in [5.74, 6) is 0. The number of hydrogen-bond acceptors (Lipinski definition) is 2. The van der Waals surface area contributed by atoms with Crippen molar-refractivity contribution in [2.24, 2.45) is 0 Å². The van der Waals surface area contributed by atoms with Gasteiger partial charge in [0.05, 0.1) is 0 Å². The van der Waals surface area contributed by atoms with Crippen LogP contribution in [0.3, 0.4) is 0 Å². The van der Waals surface area contributed by atoms with E-state index in [1.54, 1.807) is 0 Å². The Bertz CT molecular complexity index is 1040. The number of hydrogen-bond donors (Lipinski definition) is 0. The van der Waals surface area contributed by atoms with Gasteiger partial charge in [0.15, 0.2) is 0 Å². The Morgan fingerprint density at radius 1 is 0.472 bits per heavy atom. The molecule has 3 rings (SSSR count). The van der Waals surface area contributed by atoms with Crippen molar-refractivity contribution >= 4 is 87.2 Å². The maximum Gasteiger partial charge on any atom is 0.0297 e. The van der Waals surface area contributed by atoms with Crippen LogP contribution in [0.2, 0.25) is 0 Å². The molecular formula is C30H34Br4S2. The van der Waals surface area contributed by atoms with Crippen LogP contribution in [0, 0.1) is 0 Å². The Morgan fingerprint density at radius 2 is 0.722 bits per heavy atom. The minimum atomic E-state index is 0.154. The van der Waals surface area contributed by atoms with E-state index >= 15 is 0 Å². The van der Waals surface area contributed by atoms with Crippen LogP contribution >= 0.6 is 87.2 Å². The molecule has 3 aromatic carbocycles. The minimum absolute atomic E-state index is 0.154. The van der Waals surface area contributed by atoms with Crippen molar-refractivity contribution in [2.45, 2.75) is 93.3 Å². The molecule has 36 heavy (non-hydrogen) atoms. The summed E-state index contributed by atoms with van der Waals surface area (Å²) in [5.41, 5.74) is 8.49. The summed E-state index contributed by atoms with van der Waals surface area (Å²) in [4.78, 5) is 5.24. The molecule has 0 aliphatic rings. The van der Waals surface area contributed by atoms with Crippen LogP contribution < -0.4 is 0 Å². The molecule has 0 N–H and O–H groups in total. The number of rotatable bonds is 8. The number of benzene rings is 3. The van der Waals surface area contributed by atoms with Crippen LogP contribution in [0.4, 0.5) is 0 Å². The first kappa shape index (κ1) is 30.8. The summed E-state index contributed by atoms with van der Waals surface area (Å²) < 4.78 is 0. The topological polar surface area (TPSA) is 0 Å². The average Bonchev–Trinajstić information content (AvgIpc) is 2.83. The Morgan fingerprint density at radius 3 is 0.917 bits per heavy atom. The van der Waals surface area contributed by atoms with Gasteiger partial charge in [0.1, 0.15) is 0 Å². The van der Waals surface area contributed by atoms with Gasteiger partial charge in [-0.2, -0.15) is 0 Å². The van der Waals surface area contributed by atoms with Crippen molar-refractivity contribution in [3.05, 3.63) is 81.9 Å². The third-order valence-electron chi connectivity index (χ3n) is 6.24. The van der Waals surface area contributed by atoms with Crippen molar-refractivity contribution in [2.75, 3.05) is 0 Å². The van der Waals surface area contributed by atoms with Crippen molar-refractivity contribution in [3.63, 3.8) is 0 Å². The van der Waals surface area contributed by atoms with Crippen molar-refractivity contribution in [1.29, 1.82) is 0 Å². The maximum atomic E-state index is 3.84. The van der Waals surface area contributed by atoms with Gasteiger partial charge >= 0.3 is 0 Å². The highest BCUT2D eigenvalue weighted by atomic mass is 79.9. The van der Waals surface area contributed by atoms with Gasteiger partial charge < -0.3 is 0 Å². The predicted octanol–water partition coefficient (Wildman–Crippen LogP) is 12.2. The zero-order valence-corrected chi connectivity index (χ0v) is 29.8. The molecule has 0 amide bonds. The molecule has 0 saturated carbocycles. The molecule has 0 aliphatic heterocycles. The Kier molecular flexibility index (Phi) is 11.2. The maximum absolute atomic E-state index is 3.84. The Labute approximate surface area is 260 Å². The number of halogens is 4. The zero-order chi connectivity index (χ0) is 26.7. The van der Waals surface area contributed by atoms with Gasteiger partial charge in [-0.05, 0) is 68.5 Å². The van der Waals surface area contributed by atoms with Crippen molar-refractivity contribution in [3.8, 4) is 0 Å². The first-order valence-corrected chi connectivity index (χ1v) is 18.1. The second-order valence-electron chi connectivity index (χ2n) is 10.9. The summed E-state index contributed by atoms with van der Waals surface area (Å²) in [7, 11) is 0. The monoisotopic (exact) mass is 774 g/mol. The van der Waals surface area contributed by atoms with E-state index in [2.05, 4.69) is 154 Å². The third-order valence-corrected chi connectivity index (χ3v) is 10.9. The van der Waals surface area contributed by atoms with Crippen molar-refractivity contribution < 1.29 is 0 Å². The molecular weight excluding hydrogens is 744 g/mol. The molecule has 0 bridgehead atoms. The molecule has 0 radical (unpaired) electrons. The molecule has 194 valence electrons. The van der Waals surface area contributed by atoms with Crippen molar-refractivity contribution in [1.82, 2.24) is 0 Å². The summed E-state index contributed by atoms with van der Waals surface area (Å²) >= 11 is 19.1. The van der Waals surface area contributed by atoms with Crippen LogP contribution in [0.1, 0.15) is 74.9 Å². The highest BCUT2D eigenvalue weighted by molar-refractivity contribution is 9.09. The highest BCUT2D eigenvalue weighted by Crippen LogP contribution is 2.47. The molecule has 0 unspecified atom stereocenters. The van der Waals surface area contributed by atoms with Gasteiger partial charge in [-0.1, -0.05) is 153 Å². The lowest BCUT2D eigenvalue weighted by molar-refractivity contribution is 0.589. The first-order chi connectivity index (χ1) is 16.9. The van der Waals surface area contributed by atoms with Crippen LogP contribution in [0.5, 0.6) is 0 Å². The Hall–Kier alpha value is 0.280. The molecule has 0 atom stereocenters. The van der Waals surface area contributed by atoms with Gasteiger partial charge in [0.25, 0.3) is 0 Å². The molecule has 6 heteroatoms. The normalized spacial score (nSPS) is 12.3. The fourth-order valence-corrected chi connectivity index (χ4v) is 9.51. The standard InChI is InChI=1S/C30H34Br4S2/c1-29(2,3)19-7-11-21(12-8-19)35-27-23(15-31)25(17-33)28(26(18-34)24(27)16-32)36-22-13-9-20(10-14-22)30(4,5)6/h7-14H,15-18H2,1-6H3. The lowest BCUT2D eigenvalue weighted by Crippen LogP contribution is -2.10. The third kappa shape index (κ3) is 7.27. The van der Waals surface area contributed by atoms with E-state index in [1.807, 2.05) is 23.5 Å². The smallest absolute Gasteiger partial charge is 0.0297 e. The van der Waals surface area contributed by atoms with Crippen LogP contribution in [-0.2, 0) is 32.2 Å². The Balaban J connectivity index is 2.10. The van der Waals surface area contributed by atoms with Crippen LogP contribution in [0.15, 0.2) is 68.1 Å². The minimum Gasteiger partial charge on any atom is -0.0894 e. The first-order valence-electron chi connectivity index (χ1n) is 11.9. The van der Waals surface area contributed by atoms with Gasteiger partial charge in [-0.15, -0.1) is 0 Å². The fourth-order valence-electron chi connectivity index (χ4n) is 4.01. The largest absolute Gasteiger partial charge is 0.0894 e. The molecule has 0 aromatic heterocycles. The van der Waals surface area contributed by atoms with Gasteiger partial charge in [-0.25, -0.2) is 0 Å². The van der Waals surface area contributed by atoms with Gasteiger partial charge in [0.2, 0.25) is 0 Å². The highest BCUT2D eigenvalue weighted by Gasteiger charge is 2.24. The summed E-state index contributed by atoms with van der Waals surface area (Å²) in [6, 6.07) is 18.1. The van der Waals surface area contributed by atoms with E-state index in [9.17, 15) is 0 Å². The average molecular weight is 778 g/mol. The van der Waals surface area contributed by atoms with E-state index in [0.717, 1.165) is 21.3 Å². The quantitative estimate of drug-likeness (QED) is 0.209. The molecule has 0 heterocycles. The van der Waals surface area contributed by atoms with E-state index < -0.39 is 0 Å². The molecule has 0 nitrogen and oxygen atoms in total. The zero-order valence-electron chi connectivity index (χ0n) is 21.8. The second kappa shape index (κ2) is 13.1. The summed E-state index contributed by atoms with van der Waals surface area (Å²) in [6.45, 7) is 13.6. The van der Waals surface area contributed by atoms with E-state index in [4.69, 9.17) is 0 Å². The van der Waals surface area contributed by atoms with E-state index in [1.165, 1.54) is 53.0 Å². The lowest BCUT2D eigenvalue weighted by atomic mass is 9.87.